The standard InChI is InChI=1S/C50H72N4O12S.2C2HF3O2/c1-30-34(21-16-22-37(30)55)44(57)52-35(29-67-33-19-10-9-11-20-33)38(27-54-26-32-18-13-12-17-31(32)25-36(54)45(58)53-48(2,3)4)61-40(56)23-14-15-24-51-47(59)63-42-41(39-28-60-49(5,6)64-39)62-46-43(42)65-50(7,8)66-46;2*3-2(4,5)1(6)7/h9-11,16,19-22,31-32,35-36,38-39,41-43,46,55H,12-15,17-18,23-29H2,1-8H3,(H,51,59)(H,52,57)(H,53,58);2*(H,6,7)/t31-,32+,35-,36-,38+,39?,41+,42-,43-,46?;;/m0../s1. The fraction of sp³-hybridized carbons (Fsp3) is 0.667. The van der Waals surface area contributed by atoms with Crippen LogP contribution in [0, 0.1) is 18.8 Å². The summed E-state index contributed by atoms with van der Waals surface area (Å²) in [5.41, 5.74) is 0.297. The van der Waals surface area contributed by atoms with Gasteiger partial charge in [-0.15, -0.1) is 11.8 Å². The van der Waals surface area contributed by atoms with Crippen molar-refractivity contribution in [3.63, 3.8) is 0 Å². The Hall–Kier alpha value is -5.45. The third-order valence-electron chi connectivity index (χ3n) is 13.7. The first-order chi connectivity index (χ1) is 37.6. The van der Waals surface area contributed by atoms with E-state index in [-0.39, 0.29) is 37.8 Å². The first kappa shape index (κ1) is 66.4. The minimum atomic E-state index is -5.08. The second kappa shape index (κ2) is 28.2. The fourth-order valence-corrected chi connectivity index (χ4v) is 11.0. The largest absolute Gasteiger partial charge is 0.508 e. The van der Waals surface area contributed by atoms with Crippen LogP contribution < -0.4 is 16.0 Å². The van der Waals surface area contributed by atoms with Crippen LogP contribution in [0.25, 0.3) is 0 Å². The fourth-order valence-electron chi connectivity index (χ4n) is 9.96. The number of nitrogens with zero attached hydrogens (tertiary/aromatic N) is 1. The molecule has 7 rings (SSSR count). The van der Waals surface area contributed by atoms with Crippen LogP contribution in [-0.2, 0) is 52.3 Å². The molecular formula is C54H74F6N4O16S. The number of rotatable bonds is 17. The zero-order chi connectivity index (χ0) is 60.3. The summed E-state index contributed by atoms with van der Waals surface area (Å²) >= 11 is 1.53. The maximum atomic E-state index is 14.1. The van der Waals surface area contributed by atoms with E-state index < -0.39 is 108 Å². The highest BCUT2D eigenvalue weighted by Gasteiger charge is 2.60. The Labute approximate surface area is 469 Å². The summed E-state index contributed by atoms with van der Waals surface area (Å²) in [5.74, 6) is -7.00. The van der Waals surface area contributed by atoms with Gasteiger partial charge in [-0.25, -0.2) is 14.4 Å². The second-order valence-electron chi connectivity index (χ2n) is 22.2. The number of carboxylic acids is 2. The van der Waals surface area contributed by atoms with Crippen molar-refractivity contribution in [2.75, 3.05) is 32.0 Å². The van der Waals surface area contributed by atoms with Gasteiger partial charge in [-0.2, -0.15) is 26.3 Å². The number of hydrogen-bond acceptors (Lipinski definition) is 16. The SMILES string of the molecule is Cc1c(O)cccc1C(=O)N[C@@H](CSc1ccccc1)[C@@H](CN1C[C@H]2CCCC[C@H]2C[C@H]1C(=O)NC(C)(C)C)OC(=O)CCCCNC(=O)O[C@H]1[C@@H](C2COC(C)(C)O2)OC2OC(C)(C)O[C@H]21.O=C(O)C(F)(F)F.O=C(O)C(F)(F)F. The first-order valence-electron chi connectivity index (χ1n) is 26.5. The Morgan fingerprint density at radius 3 is 2.05 bits per heavy atom. The Bertz CT molecular complexity index is 2440. The van der Waals surface area contributed by atoms with Crippen LogP contribution >= 0.6 is 11.8 Å². The van der Waals surface area contributed by atoms with Gasteiger partial charge in [-0.3, -0.25) is 19.3 Å². The maximum Gasteiger partial charge on any atom is 0.490 e. The molecule has 5 fully saturated rings. The molecule has 2 aromatic rings. The van der Waals surface area contributed by atoms with Crippen molar-refractivity contribution in [3.8, 4) is 5.75 Å². The van der Waals surface area contributed by atoms with Gasteiger partial charge in [-0.1, -0.05) is 43.5 Å². The highest BCUT2D eigenvalue weighted by atomic mass is 32.2. The zero-order valence-electron chi connectivity index (χ0n) is 46.4. The van der Waals surface area contributed by atoms with Gasteiger partial charge >= 0.3 is 36.4 Å². The number of carbonyl (C=O) groups excluding carboxylic acids is 4. The lowest BCUT2D eigenvalue weighted by molar-refractivity contribution is -0.232. The topological polar surface area (TPSA) is 267 Å². The number of phenols is 1. The number of amides is 3. The molecule has 5 aliphatic rings. The number of hydrogen-bond donors (Lipinski definition) is 6. The summed E-state index contributed by atoms with van der Waals surface area (Å²) in [7, 11) is 0. The lowest BCUT2D eigenvalue weighted by atomic mass is 9.72. The molecule has 4 aliphatic heterocycles. The molecule has 4 heterocycles. The highest BCUT2D eigenvalue weighted by molar-refractivity contribution is 7.99. The zero-order valence-corrected chi connectivity index (χ0v) is 47.2. The number of halogens is 6. The monoisotopic (exact) mass is 1180 g/mol. The lowest BCUT2D eigenvalue weighted by Gasteiger charge is -2.47. The molecule has 0 aromatic heterocycles. The number of nitrogens with one attached hydrogen (secondary N) is 3. The molecule has 1 saturated carbocycles. The number of phenolic OH excluding ortho intramolecular Hbond substituents is 1. The molecule has 20 nitrogen and oxygen atoms in total. The number of fused-ring (bicyclic) bond motifs is 2. The van der Waals surface area contributed by atoms with Crippen LogP contribution in [0.2, 0.25) is 0 Å². The number of benzene rings is 2. The number of esters is 1. The maximum absolute atomic E-state index is 14.1. The van der Waals surface area contributed by atoms with Crippen molar-refractivity contribution in [3.05, 3.63) is 59.7 Å². The summed E-state index contributed by atoms with van der Waals surface area (Å²) < 4.78 is 106. The van der Waals surface area contributed by atoms with Crippen molar-refractivity contribution in [1.29, 1.82) is 0 Å². The molecule has 2 aromatic carbocycles. The Morgan fingerprint density at radius 2 is 1.46 bits per heavy atom. The average Bonchev–Trinajstić information content (AvgIpc) is 3.99. The molecular weight excluding hydrogens is 1110 g/mol. The molecule has 27 heteroatoms. The minimum Gasteiger partial charge on any atom is -0.508 e. The van der Waals surface area contributed by atoms with Crippen molar-refractivity contribution in [2.45, 2.75) is 190 Å². The highest BCUT2D eigenvalue weighted by Crippen LogP contribution is 2.43. The van der Waals surface area contributed by atoms with Gasteiger partial charge in [0, 0.05) is 53.4 Å². The number of unbranched alkanes of at least 4 members (excludes halogenated alkanes) is 1. The molecule has 0 spiro atoms. The summed E-state index contributed by atoms with van der Waals surface area (Å²) in [5, 5.41) is 34.0. The van der Waals surface area contributed by atoms with E-state index >= 15 is 0 Å². The van der Waals surface area contributed by atoms with Crippen LogP contribution in [0.3, 0.4) is 0 Å². The predicted molar refractivity (Wildman–Crippen MR) is 278 cm³/mol. The molecule has 2 unspecified atom stereocenters. The molecule has 0 bridgehead atoms. The number of likely N-dealkylation sites (tertiary alicyclic amines) is 1. The normalized spacial score (nSPS) is 25.7. The van der Waals surface area contributed by atoms with E-state index in [2.05, 4.69) is 20.9 Å². The Kier molecular flexibility index (Phi) is 23.1. The Morgan fingerprint density at radius 1 is 0.827 bits per heavy atom. The number of alkyl carbamates (subject to hydrolysis) is 1. The van der Waals surface area contributed by atoms with Crippen LogP contribution in [0.15, 0.2) is 53.4 Å². The van der Waals surface area contributed by atoms with E-state index in [1.165, 1.54) is 17.8 Å². The Balaban J connectivity index is 0.000000762. The lowest BCUT2D eigenvalue weighted by Crippen LogP contribution is -2.61. The number of aromatic hydroxyl groups is 1. The summed E-state index contributed by atoms with van der Waals surface area (Å²) in [6.07, 6.45) is -9.09. The van der Waals surface area contributed by atoms with E-state index in [4.69, 9.17) is 53.0 Å². The summed E-state index contributed by atoms with van der Waals surface area (Å²) in [6, 6.07) is 13.5. The number of piperidine rings is 1. The van der Waals surface area contributed by atoms with E-state index in [0.29, 0.717) is 54.5 Å². The van der Waals surface area contributed by atoms with Gasteiger partial charge in [0.2, 0.25) is 5.91 Å². The van der Waals surface area contributed by atoms with Crippen molar-refractivity contribution < 1.29 is 104 Å². The minimum absolute atomic E-state index is 0.00130. The number of carboxylic acid groups (broad SMARTS) is 2. The number of alkyl halides is 6. The quantitative estimate of drug-likeness (QED) is 0.0381. The molecule has 81 heavy (non-hydrogen) atoms. The van der Waals surface area contributed by atoms with Gasteiger partial charge in [-0.05, 0) is 117 Å². The molecule has 1 aliphatic carbocycles. The van der Waals surface area contributed by atoms with Crippen molar-refractivity contribution >= 4 is 47.6 Å². The summed E-state index contributed by atoms with van der Waals surface area (Å²) in [4.78, 5) is 76.4. The van der Waals surface area contributed by atoms with Gasteiger partial charge in [0.15, 0.2) is 30.1 Å². The van der Waals surface area contributed by atoms with Crippen LogP contribution in [0.5, 0.6) is 5.75 Å². The van der Waals surface area contributed by atoms with E-state index in [1.54, 1.807) is 32.9 Å². The van der Waals surface area contributed by atoms with Gasteiger partial charge < -0.3 is 64.4 Å². The van der Waals surface area contributed by atoms with Crippen LogP contribution in [0.1, 0.15) is 116 Å². The molecule has 454 valence electrons. The second-order valence-corrected chi connectivity index (χ2v) is 23.3. The van der Waals surface area contributed by atoms with E-state index in [0.717, 1.165) is 30.6 Å². The van der Waals surface area contributed by atoms with Gasteiger partial charge in [0.1, 0.15) is 24.1 Å². The number of ether oxygens (including phenoxy) is 7. The van der Waals surface area contributed by atoms with E-state index in [9.17, 15) is 50.6 Å². The first-order valence-corrected chi connectivity index (χ1v) is 27.5. The van der Waals surface area contributed by atoms with Gasteiger partial charge in [0.25, 0.3) is 5.91 Å². The predicted octanol–water partition coefficient (Wildman–Crippen LogP) is 7.86. The molecule has 0 radical (unpaired) electrons. The number of thioether (sulfide) groups is 1. The van der Waals surface area contributed by atoms with Crippen molar-refractivity contribution in [1.82, 2.24) is 20.9 Å². The van der Waals surface area contributed by atoms with Gasteiger partial charge in [0.05, 0.1) is 18.7 Å². The van der Waals surface area contributed by atoms with E-state index in [1.807, 2.05) is 65.0 Å². The smallest absolute Gasteiger partial charge is 0.490 e. The molecule has 10 atom stereocenters. The molecule has 3 amide bonds. The number of carbonyl (C=O) groups is 6. The molecule has 6 N–H and O–H groups in total. The van der Waals surface area contributed by atoms with Crippen molar-refractivity contribution in [2.24, 2.45) is 11.8 Å². The average molecular weight is 1180 g/mol. The van der Waals surface area contributed by atoms with Crippen LogP contribution in [-0.4, -0.2) is 166 Å². The third-order valence-corrected chi connectivity index (χ3v) is 14.8. The molecule has 4 saturated heterocycles. The summed E-state index contributed by atoms with van der Waals surface area (Å²) in [6.45, 7) is 16.1. The number of aliphatic carboxylic acids is 2. The van der Waals surface area contributed by atoms with Crippen LogP contribution in [0.4, 0.5) is 31.1 Å². The third kappa shape index (κ3) is 20.4.